The van der Waals surface area contributed by atoms with Crippen molar-refractivity contribution in [2.45, 2.75) is 13.8 Å². The fourth-order valence-corrected chi connectivity index (χ4v) is 2.57. The van der Waals surface area contributed by atoms with Gasteiger partial charge in [-0.25, -0.2) is 4.79 Å². The van der Waals surface area contributed by atoms with Crippen molar-refractivity contribution in [3.05, 3.63) is 34.2 Å². The van der Waals surface area contributed by atoms with Gasteiger partial charge in [0, 0.05) is 4.70 Å². The molecule has 0 saturated heterocycles. The van der Waals surface area contributed by atoms with Crippen LogP contribution in [0.2, 0.25) is 0 Å². The first-order valence-electron chi connectivity index (χ1n) is 4.32. The van der Waals surface area contributed by atoms with E-state index in [9.17, 15) is 4.79 Å². The normalized spacial score (nSPS) is 10.7. The van der Waals surface area contributed by atoms with Crippen molar-refractivity contribution in [3.63, 3.8) is 0 Å². The van der Waals surface area contributed by atoms with Crippen molar-refractivity contribution in [2.75, 3.05) is 0 Å². The summed E-state index contributed by atoms with van der Waals surface area (Å²) in [6.45, 7) is 4.03. The maximum absolute atomic E-state index is 10.8. The van der Waals surface area contributed by atoms with E-state index in [-0.39, 0.29) is 0 Å². The van der Waals surface area contributed by atoms with Gasteiger partial charge in [-0.15, -0.1) is 11.3 Å². The standard InChI is InChI=1S/C11H10O2S/c1-6-3-7(2)10-8(4-6)5-9(14-10)11(12)13/h3-5H,1-2H3,(H,12,13). The van der Waals surface area contributed by atoms with Gasteiger partial charge in [0.15, 0.2) is 0 Å². The Balaban J connectivity index is 2.76. The molecule has 1 aromatic carbocycles. The molecule has 0 spiro atoms. The first kappa shape index (κ1) is 9.21. The van der Waals surface area contributed by atoms with Gasteiger partial charge in [-0.1, -0.05) is 17.7 Å². The number of hydrogen-bond acceptors (Lipinski definition) is 2. The topological polar surface area (TPSA) is 37.3 Å². The van der Waals surface area contributed by atoms with Gasteiger partial charge >= 0.3 is 5.97 Å². The van der Waals surface area contributed by atoms with Crippen LogP contribution in [0.4, 0.5) is 0 Å². The zero-order chi connectivity index (χ0) is 10.3. The number of benzene rings is 1. The third-order valence-electron chi connectivity index (χ3n) is 2.16. The second-order valence-corrected chi connectivity index (χ2v) is 4.47. The number of hydrogen-bond donors (Lipinski definition) is 1. The summed E-state index contributed by atoms with van der Waals surface area (Å²) in [5.74, 6) is -0.844. The average molecular weight is 206 g/mol. The molecule has 3 heteroatoms. The van der Waals surface area contributed by atoms with E-state index in [1.54, 1.807) is 6.07 Å². The molecule has 2 aromatic rings. The predicted molar refractivity (Wildman–Crippen MR) is 58.3 cm³/mol. The van der Waals surface area contributed by atoms with Gasteiger partial charge < -0.3 is 5.11 Å². The van der Waals surface area contributed by atoms with Gasteiger partial charge in [0.05, 0.1) is 0 Å². The Hall–Kier alpha value is -1.35. The Morgan fingerprint density at radius 1 is 1.29 bits per heavy atom. The number of rotatable bonds is 1. The van der Waals surface area contributed by atoms with E-state index in [0.717, 1.165) is 15.6 Å². The third kappa shape index (κ3) is 1.40. The minimum atomic E-state index is -0.844. The van der Waals surface area contributed by atoms with Crippen molar-refractivity contribution < 1.29 is 9.90 Å². The van der Waals surface area contributed by atoms with Crippen LogP contribution in [0.25, 0.3) is 10.1 Å². The first-order chi connectivity index (χ1) is 6.58. The summed E-state index contributed by atoms with van der Waals surface area (Å²) >= 11 is 1.34. The second kappa shape index (κ2) is 3.10. The van der Waals surface area contributed by atoms with Crippen LogP contribution in [0.3, 0.4) is 0 Å². The highest BCUT2D eigenvalue weighted by molar-refractivity contribution is 7.20. The maximum Gasteiger partial charge on any atom is 0.345 e. The summed E-state index contributed by atoms with van der Waals surface area (Å²) in [5, 5.41) is 9.89. The zero-order valence-corrected chi connectivity index (χ0v) is 8.81. The number of aryl methyl sites for hydroxylation is 2. The minimum Gasteiger partial charge on any atom is -0.477 e. The fraction of sp³-hybridized carbons (Fsp3) is 0.182. The Labute approximate surface area is 85.8 Å². The molecule has 72 valence electrons. The van der Waals surface area contributed by atoms with Crippen LogP contribution in [0.1, 0.15) is 20.8 Å². The lowest BCUT2D eigenvalue weighted by Crippen LogP contribution is -1.89. The summed E-state index contributed by atoms with van der Waals surface area (Å²) in [6.07, 6.45) is 0. The van der Waals surface area contributed by atoms with Crippen LogP contribution in [-0.4, -0.2) is 11.1 Å². The largest absolute Gasteiger partial charge is 0.477 e. The molecular formula is C11H10O2S. The van der Waals surface area contributed by atoms with Crippen molar-refractivity contribution in [1.29, 1.82) is 0 Å². The highest BCUT2D eigenvalue weighted by atomic mass is 32.1. The number of aromatic carboxylic acids is 1. The smallest absolute Gasteiger partial charge is 0.345 e. The van der Waals surface area contributed by atoms with Gasteiger partial charge in [-0.2, -0.15) is 0 Å². The first-order valence-corrected chi connectivity index (χ1v) is 5.13. The fourth-order valence-electron chi connectivity index (χ4n) is 1.62. The number of fused-ring (bicyclic) bond motifs is 1. The summed E-state index contributed by atoms with van der Waals surface area (Å²) in [5.41, 5.74) is 2.32. The lowest BCUT2D eigenvalue weighted by molar-refractivity contribution is 0.0702. The third-order valence-corrected chi connectivity index (χ3v) is 3.43. The number of carbonyl (C=O) groups is 1. The molecule has 0 aliphatic rings. The van der Waals surface area contributed by atoms with Crippen LogP contribution in [0, 0.1) is 13.8 Å². The lowest BCUT2D eigenvalue weighted by Gasteiger charge is -1.97. The molecule has 0 radical (unpaired) electrons. The Morgan fingerprint density at radius 2 is 2.00 bits per heavy atom. The molecule has 0 amide bonds. The summed E-state index contributed by atoms with van der Waals surface area (Å²) in [6, 6.07) is 5.83. The number of carboxylic acids is 1. The van der Waals surface area contributed by atoms with E-state index in [2.05, 4.69) is 6.07 Å². The molecule has 0 aliphatic carbocycles. The SMILES string of the molecule is Cc1cc(C)c2sc(C(=O)O)cc2c1. The molecule has 0 atom stereocenters. The molecule has 1 heterocycles. The molecule has 1 aromatic heterocycles. The van der Waals surface area contributed by atoms with E-state index in [1.165, 1.54) is 16.9 Å². The summed E-state index contributed by atoms with van der Waals surface area (Å²) < 4.78 is 1.08. The van der Waals surface area contributed by atoms with E-state index >= 15 is 0 Å². The van der Waals surface area contributed by atoms with Crippen LogP contribution in [-0.2, 0) is 0 Å². The zero-order valence-electron chi connectivity index (χ0n) is 8.00. The van der Waals surface area contributed by atoms with Crippen LogP contribution in [0.15, 0.2) is 18.2 Å². The van der Waals surface area contributed by atoms with Gasteiger partial charge in [-0.05, 0) is 30.9 Å². The molecule has 0 saturated carbocycles. The summed E-state index contributed by atoms with van der Waals surface area (Å²) in [7, 11) is 0. The maximum atomic E-state index is 10.8. The number of carboxylic acid groups (broad SMARTS) is 1. The Kier molecular flexibility index (Phi) is 2.04. The van der Waals surface area contributed by atoms with E-state index in [4.69, 9.17) is 5.11 Å². The van der Waals surface area contributed by atoms with Crippen molar-refractivity contribution in [1.82, 2.24) is 0 Å². The minimum absolute atomic E-state index is 0.411. The highest BCUT2D eigenvalue weighted by Gasteiger charge is 2.09. The Morgan fingerprint density at radius 3 is 2.64 bits per heavy atom. The van der Waals surface area contributed by atoms with Crippen LogP contribution < -0.4 is 0 Å². The van der Waals surface area contributed by atoms with Gasteiger partial charge in [-0.3, -0.25) is 0 Å². The quantitative estimate of drug-likeness (QED) is 0.777. The van der Waals surface area contributed by atoms with E-state index in [0.29, 0.717) is 4.88 Å². The van der Waals surface area contributed by atoms with Gasteiger partial charge in [0.25, 0.3) is 0 Å². The van der Waals surface area contributed by atoms with Crippen molar-refractivity contribution in [2.24, 2.45) is 0 Å². The van der Waals surface area contributed by atoms with Crippen LogP contribution in [0.5, 0.6) is 0 Å². The van der Waals surface area contributed by atoms with Gasteiger partial charge in [0.1, 0.15) is 4.88 Å². The van der Waals surface area contributed by atoms with Gasteiger partial charge in [0.2, 0.25) is 0 Å². The van der Waals surface area contributed by atoms with Crippen LogP contribution >= 0.6 is 11.3 Å². The molecular weight excluding hydrogens is 196 g/mol. The monoisotopic (exact) mass is 206 g/mol. The number of thiophene rings is 1. The van der Waals surface area contributed by atoms with E-state index in [1.807, 2.05) is 19.9 Å². The molecule has 2 nitrogen and oxygen atoms in total. The molecule has 0 fully saturated rings. The molecule has 0 aliphatic heterocycles. The molecule has 1 N–H and O–H groups in total. The second-order valence-electron chi connectivity index (χ2n) is 3.42. The predicted octanol–water partition coefficient (Wildman–Crippen LogP) is 3.22. The average Bonchev–Trinajstić information content (AvgIpc) is 2.47. The van der Waals surface area contributed by atoms with Crippen molar-refractivity contribution in [3.8, 4) is 0 Å². The van der Waals surface area contributed by atoms with E-state index < -0.39 is 5.97 Å². The molecule has 2 rings (SSSR count). The molecule has 14 heavy (non-hydrogen) atoms. The van der Waals surface area contributed by atoms with Crippen molar-refractivity contribution >= 4 is 27.4 Å². The molecule has 0 unspecified atom stereocenters. The molecule has 0 bridgehead atoms. The Bertz CT molecular complexity index is 511. The lowest BCUT2D eigenvalue weighted by atomic mass is 10.1. The highest BCUT2D eigenvalue weighted by Crippen LogP contribution is 2.29. The summed E-state index contributed by atoms with van der Waals surface area (Å²) in [4.78, 5) is 11.2.